The zero-order valence-corrected chi connectivity index (χ0v) is 12.2. The summed E-state index contributed by atoms with van der Waals surface area (Å²) < 4.78 is 5.20. The third kappa shape index (κ3) is 6.12. The molecule has 1 rings (SSSR count). The van der Waals surface area contributed by atoms with E-state index < -0.39 is 5.60 Å². The van der Waals surface area contributed by atoms with Crippen LogP contribution in [0.15, 0.2) is 4.99 Å². The minimum atomic E-state index is -0.435. The molecule has 0 radical (unpaired) electrons. The third-order valence-corrected chi connectivity index (χ3v) is 3.09. The Bertz CT molecular complexity index is 324. The molecule has 0 spiro atoms. The van der Waals surface area contributed by atoms with Gasteiger partial charge in [-0.25, -0.2) is 9.79 Å². The highest BCUT2D eigenvalue weighted by Crippen LogP contribution is 2.25. The Kier molecular flexibility index (Phi) is 5.76. The van der Waals surface area contributed by atoms with Crippen LogP contribution in [-0.2, 0) is 4.74 Å². The van der Waals surface area contributed by atoms with E-state index in [0.717, 1.165) is 25.7 Å². The van der Waals surface area contributed by atoms with Crippen molar-refractivity contribution in [2.75, 3.05) is 6.54 Å². The topological polar surface area (TPSA) is 50.7 Å². The van der Waals surface area contributed by atoms with Gasteiger partial charge in [0.15, 0.2) is 0 Å². The Hall–Kier alpha value is -0.930. The van der Waals surface area contributed by atoms with Crippen molar-refractivity contribution in [1.82, 2.24) is 5.32 Å². The fourth-order valence-corrected chi connectivity index (χ4v) is 2.24. The molecule has 102 valence electrons. The molecule has 0 unspecified atom stereocenters. The van der Waals surface area contributed by atoms with E-state index in [2.05, 4.69) is 27.7 Å². The van der Waals surface area contributed by atoms with Crippen molar-refractivity contribution >= 4 is 23.5 Å². The monoisotopic (exact) mass is 270 g/mol. The first-order valence-corrected chi connectivity index (χ1v) is 6.85. The van der Waals surface area contributed by atoms with E-state index in [9.17, 15) is 4.79 Å². The fraction of sp³-hybridized carbons (Fsp3) is 0.846. The number of rotatable bonds is 3. The summed E-state index contributed by atoms with van der Waals surface area (Å²) in [5, 5.41) is 5.27. The van der Waals surface area contributed by atoms with E-state index in [1.165, 1.54) is 0 Å². The molecule has 0 aromatic heterocycles. The summed E-state index contributed by atoms with van der Waals surface area (Å²) in [6.07, 6.45) is 3.87. The van der Waals surface area contributed by atoms with E-state index in [1.54, 1.807) is 0 Å². The van der Waals surface area contributed by atoms with Gasteiger partial charge in [-0.3, -0.25) is 0 Å². The first-order valence-electron chi connectivity index (χ1n) is 6.44. The molecule has 0 bridgehead atoms. The van der Waals surface area contributed by atoms with Crippen molar-refractivity contribution in [1.29, 1.82) is 0 Å². The molecular weight excluding hydrogens is 248 g/mol. The molecule has 1 N–H and O–H groups in total. The molecule has 0 aliphatic heterocycles. The predicted octanol–water partition coefficient (Wildman–Crippen LogP) is 3.17. The van der Waals surface area contributed by atoms with E-state index >= 15 is 0 Å². The number of isothiocyanates is 1. The summed E-state index contributed by atoms with van der Waals surface area (Å²) in [7, 11) is 0. The number of nitrogens with one attached hydrogen (secondary N) is 1. The molecule has 1 aliphatic carbocycles. The quantitative estimate of drug-likeness (QED) is 0.633. The molecular formula is C13H22N2O2S. The van der Waals surface area contributed by atoms with Crippen LogP contribution in [0.4, 0.5) is 4.79 Å². The van der Waals surface area contributed by atoms with Crippen LogP contribution in [0, 0.1) is 5.92 Å². The van der Waals surface area contributed by atoms with Gasteiger partial charge in [0.2, 0.25) is 0 Å². The summed E-state index contributed by atoms with van der Waals surface area (Å²) in [6.45, 7) is 6.27. The average molecular weight is 270 g/mol. The molecule has 5 heteroatoms. The molecule has 1 saturated carbocycles. The molecule has 1 amide bonds. The molecule has 0 atom stereocenters. The van der Waals surface area contributed by atoms with Gasteiger partial charge in [-0.15, -0.1) is 0 Å². The number of amides is 1. The molecule has 0 saturated heterocycles. The van der Waals surface area contributed by atoms with Crippen molar-refractivity contribution in [3.05, 3.63) is 0 Å². The van der Waals surface area contributed by atoms with E-state index in [0.29, 0.717) is 18.5 Å². The van der Waals surface area contributed by atoms with Crippen molar-refractivity contribution in [2.24, 2.45) is 10.9 Å². The summed E-state index contributed by atoms with van der Waals surface area (Å²) >= 11 is 4.61. The van der Waals surface area contributed by atoms with Crippen LogP contribution in [0.3, 0.4) is 0 Å². The highest BCUT2D eigenvalue weighted by Gasteiger charge is 2.22. The van der Waals surface area contributed by atoms with E-state index in [4.69, 9.17) is 4.74 Å². The molecule has 0 aromatic carbocycles. The minimum Gasteiger partial charge on any atom is -0.444 e. The molecule has 18 heavy (non-hydrogen) atoms. The second-order valence-electron chi connectivity index (χ2n) is 5.78. The smallest absolute Gasteiger partial charge is 0.407 e. The maximum absolute atomic E-state index is 11.5. The minimum absolute atomic E-state index is 0.332. The number of carbonyl (C=O) groups excluding carboxylic acids is 1. The Labute approximate surface area is 114 Å². The highest BCUT2D eigenvalue weighted by atomic mass is 32.1. The predicted molar refractivity (Wildman–Crippen MR) is 75.0 cm³/mol. The standard InChI is InChI=1S/C13H22N2O2S/c1-13(2,3)17-12(16)14-8-10-4-6-11(7-5-10)15-9-18/h10-11H,4-8H2,1-3H3,(H,14,16). The van der Waals surface area contributed by atoms with Crippen LogP contribution in [-0.4, -0.2) is 29.4 Å². The highest BCUT2D eigenvalue weighted by molar-refractivity contribution is 7.78. The SMILES string of the molecule is CC(C)(C)OC(=O)NCC1CCC(N=C=S)CC1. The number of thiocarbonyl (C=S) groups is 1. The van der Waals surface area contributed by atoms with Gasteiger partial charge in [0.05, 0.1) is 11.2 Å². The van der Waals surface area contributed by atoms with Gasteiger partial charge in [0, 0.05) is 6.54 Å². The number of hydrogen-bond acceptors (Lipinski definition) is 4. The zero-order valence-electron chi connectivity index (χ0n) is 11.4. The lowest BCUT2D eigenvalue weighted by molar-refractivity contribution is 0.0515. The van der Waals surface area contributed by atoms with Crippen LogP contribution < -0.4 is 5.32 Å². The van der Waals surface area contributed by atoms with Crippen LogP contribution in [0.5, 0.6) is 0 Å². The van der Waals surface area contributed by atoms with Crippen LogP contribution in [0.25, 0.3) is 0 Å². The van der Waals surface area contributed by atoms with E-state index in [-0.39, 0.29) is 6.09 Å². The van der Waals surface area contributed by atoms with E-state index in [1.807, 2.05) is 20.8 Å². The van der Waals surface area contributed by atoms with Crippen molar-refractivity contribution in [3.63, 3.8) is 0 Å². The van der Waals surface area contributed by atoms with Gasteiger partial charge < -0.3 is 10.1 Å². The third-order valence-electron chi connectivity index (χ3n) is 2.99. The number of ether oxygens (including phenoxy) is 1. The molecule has 1 aliphatic rings. The largest absolute Gasteiger partial charge is 0.444 e. The maximum atomic E-state index is 11.5. The van der Waals surface area contributed by atoms with Crippen LogP contribution >= 0.6 is 12.2 Å². The van der Waals surface area contributed by atoms with Crippen molar-refractivity contribution < 1.29 is 9.53 Å². The first kappa shape index (κ1) is 15.1. The lowest BCUT2D eigenvalue weighted by Gasteiger charge is -2.26. The number of alkyl carbamates (subject to hydrolysis) is 1. The number of nitrogens with zero attached hydrogens (tertiary/aromatic N) is 1. The lowest BCUT2D eigenvalue weighted by atomic mass is 9.86. The summed E-state index contributed by atoms with van der Waals surface area (Å²) in [4.78, 5) is 15.6. The lowest BCUT2D eigenvalue weighted by Crippen LogP contribution is -2.36. The van der Waals surface area contributed by atoms with Crippen molar-refractivity contribution in [3.8, 4) is 0 Å². The van der Waals surface area contributed by atoms with Crippen molar-refractivity contribution in [2.45, 2.75) is 58.1 Å². The fourth-order valence-electron chi connectivity index (χ4n) is 2.09. The average Bonchev–Trinajstić information content (AvgIpc) is 2.26. The Morgan fingerprint density at radius 3 is 2.50 bits per heavy atom. The molecule has 1 fully saturated rings. The van der Waals surface area contributed by atoms with Crippen LogP contribution in [0.2, 0.25) is 0 Å². The van der Waals surface area contributed by atoms with Gasteiger partial charge >= 0.3 is 6.09 Å². The van der Waals surface area contributed by atoms with Gasteiger partial charge in [-0.2, -0.15) is 0 Å². The number of carbonyl (C=O) groups is 1. The summed E-state index contributed by atoms with van der Waals surface area (Å²) in [5.41, 5.74) is -0.435. The maximum Gasteiger partial charge on any atom is 0.407 e. The Balaban J connectivity index is 2.22. The second kappa shape index (κ2) is 6.86. The molecule has 4 nitrogen and oxygen atoms in total. The number of hydrogen-bond donors (Lipinski definition) is 1. The Morgan fingerprint density at radius 2 is 2.00 bits per heavy atom. The van der Waals surface area contributed by atoms with Gasteiger partial charge in [-0.05, 0) is 64.6 Å². The molecule has 0 heterocycles. The zero-order chi connectivity index (χ0) is 13.6. The van der Waals surface area contributed by atoms with Gasteiger partial charge in [0.25, 0.3) is 0 Å². The normalized spacial score (nSPS) is 23.9. The van der Waals surface area contributed by atoms with Crippen LogP contribution in [0.1, 0.15) is 46.5 Å². The first-order chi connectivity index (χ1) is 8.40. The number of aliphatic imine (C=N–C) groups is 1. The summed E-state index contributed by atoms with van der Waals surface area (Å²) in [6, 6.07) is 0.334. The molecule has 0 aromatic rings. The van der Waals surface area contributed by atoms with Gasteiger partial charge in [0.1, 0.15) is 5.60 Å². The second-order valence-corrected chi connectivity index (χ2v) is 5.96. The van der Waals surface area contributed by atoms with Gasteiger partial charge in [-0.1, -0.05) is 0 Å². The summed E-state index contributed by atoms with van der Waals surface area (Å²) in [5.74, 6) is 0.522. The Morgan fingerprint density at radius 1 is 1.39 bits per heavy atom.